The second-order valence-corrected chi connectivity index (χ2v) is 9.74. The van der Waals surface area contributed by atoms with Crippen molar-refractivity contribution in [3.8, 4) is 0 Å². The van der Waals surface area contributed by atoms with E-state index in [0.717, 1.165) is 30.5 Å². The second-order valence-electron chi connectivity index (χ2n) is 9.74. The molecule has 2 aromatic carbocycles. The largest absolute Gasteiger partial charge is 0.367 e. The summed E-state index contributed by atoms with van der Waals surface area (Å²) in [6.45, 7) is 3.96. The minimum Gasteiger partial charge on any atom is -0.367 e. The van der Waals surface area contributed by atoms with Crippen molar-refractivity contribution < 1.29 is 18.8 Å². The maximum atomic E-state index is 15.2. The monoisotopic (exact) mass is 490 g/mol. The van der Waals surface area contributed by atoms with Crippen molar-refractivity contribution in [2.45, 2.75) is 32.0 Å². The lowest BCUT2D eigenvalue weighted by atomic mass is 10.0. The smallest absolute Gasteiger partial charge is 0.255 e. The van der Waals surface area contributed by atoms with Gasteiger partial charge in [-0.3, -0.25) is 29.3 Å². The van der Waals surface area contributed by atoms with Gasteiger partial charge in [-0.25, -0.2) is 4.39 Å². The van der Waals surface area contributed by atoms with Gasteiger partial charge in [0.1, 0.15) is 11.9 Å². The van der Waals surface area contributed by atoms with Crippen LogP contribution in [0.4, 0.5) is 10.1 Å². The molecule has 0 bridgehead atoms. The van der Waals surface area contributed by atoms with Crippen LogP contribution >= 0.6 is 0 Å². The summed E-state index contributed by atoms with van der Waals surface area (Å²) in [5, 5.41) is 7.82. The van der Waals surface area contributed by atoms with Crippen LogP contribution in [0.5, 0.6) is 0 Å². The number of halogens is 1. The molecule has 3 aliphatic rings. The number of anilines is 1. The number of benzene rings is 2. The highest BCUT2D eigenvalue weighted by molar-refractivity contribution is 6.05. The molecule has 10 heteroatoms. The first kappa shape index (κ1) is 22.7. The Hall–Kier alpha value is -3.79. The molecule has 36 heavy (non-hydrogen) atoms. The average Bonchev–Trinajstić information content (AvgIpc) is 3.40. The van der Waals surface area contributed by atoms with E-state index in [1.807, 2.05) is 22.8 Å². The number of carbonyl (C=O) groups is 3. The molecule has 1 aromatic heterocycles. The predicted octanol–water partition coefficient (Wildman–Crippen LogP) is 1.80. The summed E-state index contributed by atoms with van der Waals surface area (Å²) in [6, 6.07) is 8.58. The minimum atomic E-state index is -0.707. The fourth-order valence-corrected chi connectivity index (χ4v) is 5.58. The van der Waals surface area contributed by atoms with Gasteiger partial charge in [0, 0.05) is 63.7 Å². The molecule has 0 saturated carbocycles. The lowest BCUT2D eigenvalue weighted by Crippen LogP contribution is -2.52. The normalized spacial score (nSPS) is 20.8. The Labute approximate surface area is 207 Å². The van der Waals surface area contributed by atoms with E-state index in [9.17, 15) is 14.4 Å². The van der Waals surface area contributed by atoms with Crippen LogP contribution in [0, 0.1) is 5.82 Å². The molecule has 3 amide bonds. The van der Waals surface area contributed by atoms with Crippen LogP contribution in [-0.2, 0) is 29.7 Å². The predicted molar refractivity (Wildman–Crippen MR) is 131 cm³/mol. The number of rotatable bonds is 4. The summed E-state index contributed by atoms with van der Waals surface area (Å²) in [5.74, 6) is -1.59. The first-order valence-corrected chi connectivity index (χ1v) is 12.2. The summed E-state index contributed by atoms with van der Waals surface area (Å²) in [6.07, 6.45) is 2.38. The van der Waals surface area contributed by atoms with Gasteiger partial charge in [-0.1, -0.05) is 12.1 Å². The van der Waals surface area contributed by atoms with E-state index >= 15 is 4.39 Å². The van der Waals surface area contributed by atoms with Gasteiger partial charge in [-0.2, -0.15) is 5.10 Å². The Bertz CT molecular complexity index is 1390. The Morgan fingerprint density at radius 3 is 2.69 bits per heavy atom. The molecule has 0 radical (unpaired) electrons. The van der Waals surface area contributed by atoms with E-state index in [2.05, 4.69) is 33.5 Å². The third kappa shape index (κ3) is 3.81. The minimum absolute atomic E-state index is 0.190. The number of imide groups is 1. The molecule has 4 heterocycles. The number of nitrogens with one attached hydrogen (secondary N) is 1. The van der Waals surface area contributed by atoms with Gasteiger partial charge in [0.25, 0.3) is 5.91 Å². The van der Waals surface area contributed by atoms with Crippen LogP contribution in [0.2, 0.25) is 0 Å². The van der Waals surface area contributed by atoms with Crippen LogP contribution in [0.3, 0.4) is 0 Å². The van der Waals surface area contributed by atoms with Crippen molar-refractivity contribution in [3.63, 3.8) is 0 Å². The maximum absolute atomic E-state index is 15.2. The van der Waals surface area contributed by atoms with Crippen molar-refractivity contribution in [3.05, 3.63) is 59.0 Å². The number of fused-ring (bicyclic) bond motifs is 2. The SMILES string of the molecule is Cn1ncc2c(CN3CCN(c4cc5c(cc4F)C(=O)N(C4CCC(=O)NC4=O)C5)CC3)cccc21. The molecule has 9 nitrogen and oxygen atoms in total. The molecular weight excluding hydrogens is 463 g/mol. The number of piperidine rings is 1. The quantitative estimate of drug-likeness (QED) is 0.561. The fraction of sp³-hybridized carbons (Fsp3) is 0.385. The third-order valence-corrected chi connectivity index (χ3v) is 7.58. The van der Waals surface area contributed by atoms with Crippen molar-refractivity contribution in [2.24, 2.45) is 7.05 Å². The zero-order chi connectivity index (χ0) is 25.0. The molecule has 1 unspecified atom stereocenters. The van der Waals surface area contributed by atoms with Crippen molar-refractivity contribution in [2.75, 3.05) is 31.1 Å². The molecule has 3 aromatic rings. The van der Waals surface area contributed by atoms with Gasteiger partial charge in [0.2, 0.25) is 11.8 Å². The number of aryl methyl sites for hydroxylation is 1. The molecule has 2 saturated heterocycles. The Morgan fingerprint density at radius 2 is 1.92 bits per heavy atom. The highest BCUT2D eigenvalue weighted by atomic mass is 19.1. The summed E-state index contributed by atoms with van der Waals surface area (Å²) < 4.78 is 17.0. The average molecular weight is 491 g/mol. The molecule has 1 N–H and O–H groups in total. The van der Waals surface area contributed by atoms with E-state index < -0.39 is 17.8 Å². The van der Waals surface area contributed by atoms with E-state index in [4.69, 9.17) is 0 Å². The lowest BCUT2D eigenvalue weighted by molar-refractivity contribution is -0.136. The summed E-state index contributed by atoms with van der Waals surface area (Å²) in [4.78, 5) is 42.5. The number of carbonyl (C=O) groups excluding carboxylic acids is 3. The first-order chi connectivity index (χ1) is 17.4. The fourth-order valence-electron chi connectivity index (χ4n) is 5.58. The highest BCUT2D eigenvalue weighted by Crippen LogP contribution is 2.33. The Kier molecular flexibility index (Phi) is 5.48. The van der Waals surface area contributed by atoms with Gasteiger partial charge < -0.3 is 9.80 Å². The number of piperazine rings is 1. The Morgan fingerprint density at radius 1 is 1.11 bits per heavy atom. The van der Waals surface area contributed by atoms with Crippen molar-refractivity contribution in [1.82, 2.24) is 24.9 Å². The van der Waals surface area contributed by atoms with Crippen LogP contribution in [0.15, 0.2) is 36.5 Å². The van der Waals surface area contributed by atoms with E-state index in [1.54, 1.807) is 6.07 Å². The Balaban J connectivity index is 1.15. The van der Waals surface area contributed by atoms with Crippen LogP contribution < -0.4 is 10.2 Å². The zero-order valence-corrected chi connectivity index (χ0v) is 20.0. The van der Waals surface area contributed by atoms with E-state index in [-0.39, 0.29) is 31.2 Å². The van der Waals surface area contributed by atoms with Crippen LogP contribution in [0.25, 0.3) is 10.9 Å². The summed E-state index contributed by atoms with van der Waals surface area (Å²) >= 11 is 0. The lowest BCUT2D eigenvalue weighted by Gasteiger charge is -2.36. The number of aromatic nitrogens is 2. The molecular formula is C26H27FN6O3. The molecule has 3 aliphatic heterocycles. The molecule has 0 aliphatic carbocycles. The molecule has 2 fully saturated rings. The number of nitrogens with zero attached hydrogens (tertiary/aromatic N) is 5. The first-order valence-electron chi connectivity index (χ1n) is 12.2. The maximum Gasteiger partial charge on any atom is 0.255 e. The molecule has 186 valence electrons. The van der Waals surface area contributed by atoms with Gasteiger partial charge >= 0.3 is 0 Å². The summed E-state index contributed by atoms with van der Waals surface area (Å²) in [7, 11) is 1.94. The molecule has 0 spiro atoms. The number of amides is 3. The van der Waals surface area contributed by atoms with Gasteiger partial charge in [0.15, 0.2) is 0 Å². The van der Waals surface area contributed by atoms with Gasteiger partial charge in [0.05, 0.1) is 17.4 Å². The topological polar surface area (TPSA) is 90.8 Å². The zero-order valence-electron chi connectivity index (χ0n) is 20.0. The summed E-state index contributed by atoms with van der Waals surface area (Å²) in [5.41, 5.74) is 3.83. The second kappa shape index (κ2) is 8.70. The van der Waals surface area contributed by atoms with Gasteiger partial charge in [-0.05, 0) is 35.7 Å². The van der Waals surface area contributed by atoms with Crippen molar-refractivity contribution >= 4 is 34.3 Å². The molecule has 1 atom stereocenters. The van der Waals surface area contributed by atoms with Crippen LogP contribution in [0.1, 0.15) is 34.3 Å². The molecule has 6 rings (SSSR count). The van der Waals surface area contributed by atoms with E-state index in [1.165, 1.54) is 16.5 Å². The number of hydrogen-bond acceptors (Lipinski definition) is 6. The van der Waals surface area contributed by atoms with Crippen LogP contribution in [-0.4, -0.2) is 69.5 Å². The standard InChI is InChI=1S/C26H27FN6O3/c1-30-21-4-2-3-16(19(21)13-28-30)14-31-7-9-32(10-8-31)23-11-17-15-33(26(36)18(17)12-20(23)27)22-5-6-24(34)29-25(22)35/h2-4,11-13,22H,5-10,14-15H2,1H3,(H,29,34,35). The van der Waals surface area contributed by atoms with E-state index in [0.29, 0.717) is 29.9 Å². The van der Waals surface area contributed by atoms with Crippen molar-refractivity contribution in [1.29, 1.82) is 0 Å². The third-order valence-electron chi connectivity index (χ3n) is 7.58. The van der Waals surface area contributed by atoms with Gasteiger partial charge in [-0.15, -0.1) is 0 Å². The number of hydrogen-bond donors (Lipinski definition) is 1. The highest BCUT2D eigenvalue weighted by Gasteiger charge is 2.40.